The standard InChI is InChI=1S/C22H26ClN3OS2.ClH/c1-25(2)13-7-14-26(22-24-19-12-11-17(23)16-20(19)29-22)21(27)10-6-15-28-18-8-4-3-5-9-18;/h3-5,8-9,11-12,16H,6-7,10,13-15H2,1-2H3;1H. The van der Waals surface area contributed by atoms with E-state index in [4.69, 9.17) is 16.6 Å². The number of hydrogen-bond acceptors (Lipinski definition) is 5. The minimum absolute atomic E-state index is 0. The number of thioether (sulfide) groups is 1. The lowest BCUT2D eigenvalue weighted by Crippen LogP contribution is -2.33. The summed E-state index contributed by atoms with van der Waals surface area (Å²) in [5.41, 5.74) is 0.888. The molecular weight excluding hydrogens is 457 g/mol. The Kier molecular flexibility index (Phi) is 10.4. The van der Waals surface area contributed by atoms with Gasteiger partial charge in [-0.25, -0.2) is 4.98 Å². The predicted molar refractivity (Wildman–Crippen MR) is 134 cm³/mol. The Labute approximate surface area is 198 Å². The van der Waals surface area contributed by atoms with E-state index >= 15 is 0 Å². The molecule has 30 heavy (non-hydrogen) atoms. The van der Waals surface area contributed by atoms with Crippen molar-refractivity contribution in [2.75, 3.05) is 37.8 Å². The van der Waals surface area contributed by atoms with Gasteiger partial charge in [-0.1, -0.05) is 41.1 Å². The van der Waals surface area contributed by atoms with Crippen LogP contribution in [0.15, 0.2) is 53.4 Å². The van der Waals surface area contributed by atoms with E-state index in [-0.39, 0.29) is 18.3 Å². The van der Waals surface area contributed by atoms with Gasteiger partial charge in [0.15, 0.2) is 5.13 Å². The lowest BCUT2D eigenvalue weighted by atomic mass is 10.3. The molecule has 0 bridgehead atoms. The maximum atomic E-state index is 13.0. The van der Waals surface area contributed by atoms with Gasteiger partial charge in [-0.05, 0) is 69.6 Å². The molecule has 1 amide bonds. The molecule has 2 aromatic carbocycles. The number of fused-ring (bicyclic) bond motifs is 1. The van der Waals surface area contributed by atoms with Crippen LogP contribution < -0.4 is 4.90 Å². The van der Waals surface area contributed by atoms with E-state index in [1.54, 1.807) is 11.8 Å². The van der Waals surface area contributed by atoms with Crippen LogP contribution in [0.4, 0.5) is 5.13 Å². The molecule has 1 heterocycles. The maximum absolute atomic E-state index is 13.0. The monoisotopic (exact) mass is 483 g/mol. The minimum Gasteiger partial charge on any atom is -0.309 e. The van der Waals surface area contributed by atoms with E-state index in [1.165, 1.54) is 16.2 Å². The van der Waals surface area contributed by atoms with Gasteiger partial charge >= 0.3 is 0 Å². The highest BCUT2D eigenvalue weighted by atomic mass is 35.5. The molecular formula is C22H27Cl2N3OS2. The molecule has 0 saturated heterocycles. The van der Waals surface area contributed by atoms with Crippen molar-refractivity contribution in [3.63, 3.8) is 0 Å². The van der Waals surface area contributed by atoms with Crippen LogP contribution in [0.25, 0.3) is 10.2 Å². The number of benzene rings is 2. The number of anilines is 1. The van der Waals surface area contributed by atoms with E-state index in [0.29, 0.717) is 18.0 Å². The Bertz CT molecular complexity index is 935. The first kappa shape index (κ1) is 25.0. The largest absolute Gasteiger partial charge is 0.309 e. The first-order valence-corrected chi connectivity index (χ1v) is 11.9. The molecule has 0 spiro atoms. The fourth-order valence-electron chi connectivity index (χ4n) is 2.94. The van der Waals surface area contributed by atoms with Gasteiger partial charge in [0.2, 0.25) is 5.91 Å². The van der Waals surface area contributed by atoms with Crippen LogP contribution in [0.2, 0.25) is 5.02 Å². The highest BCUT2D eigenvalue weighted by Crippen LogP contribution is 2.31. The summed E-state index contributed by atoms with van der Waals surface area (Å²) in [6.07, 6.45) is 2.28. The third-order valence-corrected chi connectivity index (χ3v) is 6.78. The average molecular weight is 485 g/mol. The third kappa shape index (κ3) is 7.43. The van der Waals surface area contributed by atoms with Gasteiger partial charge in [0.1, 0.15) is 0 Å². The average Bonchev–Trinajstić information content (AvgIpc) is 3.11. The summed E-state index contributed by atoms with van der Waals surface area (Å²) in [6, 6.07) is 16.0. The second-order valence-corrected chi connectivity index (χ2v) is 9.69. The molecule has 0 unspecified atom stereocenters. The summed E-state index contributed by atoms with van der Waals surface area (Å²) >= 11 is 9.44. The quantitative estimate of drug-likeness (QED) is 0.253. The number of nitrogens with zero attached hydrogens (tertiary/aromatic N) is 3. The Balaban J connectivity index is 0.00000320. The van der Waals surface area contributed by atoms with Crippen LogP contribution in [-0.4, -0.2) is 48.7 Å². The molecule has 0 aliphatic heterocycles. The molecule has 8 heteroatoms. The number of halogens is 2. The molecule has 0 aliphatic rings. The predicted octanol–water partition coefficient (Wildman–Crippen LogP) is 6.23. The number of thiazole rings is 1. The lowest BCUT2D eigenvalue weighted by molar-refractivity contribution is -0.118. The topological polar surface area (TPSA) is 36.4 Å². The van der Waals surface area contributed by atoms with E-state index in [1.807, 2.05) is 55.4 Å². The molecule has 4 nitrogen and oxygen atoms in total. The van der Waals surface area contributed by atoms with E-state index < -0.39 is 0 Å². The molecule has 0 fully saturated rings. The molecule has 1 aromatic heterocycles. The van der Waals surface area contributed by atoms with Gasteiger partial charge in [-0.2, -0.15) is 0 Å². The molecule has 0 saturated carbocycles. The van der Waals surface area contributed by atoms with Gasteiger partial charge in [0.25, 0.3) is 0 Å². The first-order valence-electron chi connectivity index (χ1n) is 9.72. The van der Waals surface area contributed by atoms with Gasteiger partial charge in [-0.3, -0.25) is 9.69 Å². The Morgan fingerprint density at radius 3 is 2.60 bits per heavy atom. The van der Waals surface area contributed by atoms with E-state index in [2.05, 4.69) is 17.0 Å². The molecule has 3 rings (SSSR count). The van der Waals surface area contributed by atoms with Crippen LogP contribution in [0, 0.1) is 0 Å². The smallest absolute Gasteiger partial charge is 0.228 e. The molecule has 0 atom stereocenters. The summed E-state index contributed by atoms with van der Waals surface area (Å²) in [6.45, 7) is 1.61. The Hall–Kier alpha value is -1.31. The van der Waals surface area contributed by atoms with Crippen LogP contribution in [-0.2, 0) is 4.79 Å². The summed E-state index contributed by atoms with van der Waals surface area (Å²) in [5.74, 6) is 1.07. The van der Waals surface area contributed by atoms with Crippen molar-refractivity contribution >= 4 is 68.4 Å². The number of aromatic nitrogens is 1. The molecule has 0 N–H and O–H groups in total. The maximum Gasteiger partial charge on any atom is 0.228 e. The highest BCUT2D eigenvalue weighted by molar-refractivity contribution is 7.99. The Morgan fingerprint density at radius 1 is 1.10 bits per heavy atom. The molecule has 3 aromatic rings. The van der Waals surface area contributed by atoms with Crippen molar-refractivity contribution in [2.24, 2.45) is 0 Å². The number of hydrogen-bond donors (Lipinski definition) is 0. The number of carbonyl (C=O) groups excluding carboxylic acids is 1. The van der Waals surface area contributed by atoms with Gasteiger partial charge in [0, 0.05) is 22.9 Å². The third-order valence-electron chi connectivity index (χ3n) is 4.41. The fourth-order valence-corrected chi connectivity index (χ4v) is 5.10. The zero-order valence-electron chi connectivity index (χ0n) is 17.2. The summed E-state index contributed by atoms with van der Waals surface area (Å²) in [7, 11) is 4.10. The SMILES string of the molecule is CN(C)CCCN(C(=O)CCCSc1ccccc1)c1nc2ccc(Cl)cc2s1.Cl. The van der Waals surface area contributed by atoms with Crippen molar-refractivity contribution in [1.82, 2.24) is 9.88 Å². The lowest BCUT2D eigenvalue weighted by Gasteiger charge is -2.21. The Morgan fingerprint density at radius 2 is 1.87 bits per heavy atom. The van der Waals surface area contributed by atoms with Crippen LogP contribution in [0.1, 0.15) is 19.3 Å². The zero-order valence-corrected chi connectivity index (χ0v) is 20.4. The van der Waals surface area contributed by atoms with Crippen molar-refractivity contribution < 1.29 is 4.79 Å². The van der Waals surface area contributed by atoms with Crippen molar-refractivity contribution in [1.29, 1.82) is 0 Å². The van der Waals surface area contributed by atoms with E-state index in [9.17, 15) is 4.79 Å². The molecule has 0 radical (unpaired) electrons. The zero-order chi connectivity index (χ0) is 20.6. The summed E-state index contributed by atoms with van der Waals surface area (Å²) in [4.78, 5) is 22.9. The second-order valence-electron chi connectivity index (χ2n) is 7.08. The van der Waals surface area contributed by atoms with Crippen LogP contribution in [0.3, 0.4) is 0 Å². The van der Waals surface area contributed by atoms with Crippen molar-refractivity contribution in [3.8, 4) is 0 Å². The second kappa shape index (κ2) is 12.5. The van der Waals surface area contributed by atoms with Gasteiger partial charge in [-0.15, -0.1) is 24.2 Å². The number of carbonyl (C=O) groups is 1. The fraction of sp³-hybridized carbons (Fsp3) is 0.364. The normalized spacial score (nSPS) is 10.9. The highest BCUT2D eigenvalue weighted by Gasteiger charge is 2.19. The van der Waals surface area contributed by atoms with Gasteiger partial charge < -0.3 is 4.90 Å². The van der Waals surface area contributed by atoms with Crippen LogP contribution >= 0.6 is 47.1 Å². The van der Waals surface area contributed by atoms with Crippen molar-refractivity contribution in [3.05, 3.63) is 53.6 Å². The van der Waals surface area contributed by atoms with Crippen LogP contribution in [0.5, 0.6) is 0 Å². The van der Waals surface area contributed by atoms with Gasteiger partial charge in [0.05, 0.1) is 10.2 Å². The molecule has 0 aliphatic carbocycles. The summed E-state index contributed by atoms with van der Waals surface area (Å²) in [5, 5.41) is 1.46. The van der Waals surface area contributed by atoms with E-state index in [0.717, 1.165) is 40.5 Å². The molecule has 162 valence electrons. The number of rotatable bonds is 10. The van der Waals surface area contributed by atoms with Crippen molar-refractivity contribution in [2.45, 2.75) is 24.2 Å². The summed E-state index contributed by atoms with van der Waals surface area (Å²) < 4.78 is 1.01. The number of amides is 1. The first-order chi connectivity index (χ1) is 14.0. The minimum atomic E-state index is 0.